The van der Waals surface area contributed by atoms with E-state index in [-0.39, 0.29) is 30.6 Å². The molecule has 0 amide bonds. The van der Waals surface area contributed by atoms with E-state index in [1.807, 2.05) is 0 Å². The molecule has 2 rings (SSSR count). The number of para-hydroxylation sites is 1. The van der Waals surface area contributed by atoms with Crippen LogP contribution in [0.3, 0.4) is 0 Å². The second-order valence-electron chi connectivity index (χ2n) is 6.87. The molecule has 0 N–H and O–H groups in total. The summed E-state index contributed by atoms with van der Waals surface area (Å²) in [7, 11) is 2.91. The molecule has 0 fully saturated rings. The summed E-state index contributed by atoms with van der Waals surface area (Å²) in [6, 6.07) is 5.64. The first-order valence-electron chi connectivity index (χ1n) is 9.83. The number of nitrogens with zero attached hydrogens (tertiary/aromatic N) is 1. The number of esters is 1. The average molecular weight is 437 g/mol. The van der Waals surface area contributed by atoms with Gasteiger partial charge in [-0.25, -0.2) is 4.79 Å². The van der Waals surface area contributed by atoms with Crippen LogP contribution in [0.1, 0.15) is 36.0 Å². The fourth-order valence-corrected chi connectivity index (χ4v) is 3.20. The number of nitro benzene ring substituents is 1. The van der Waals surface area contributed by atoms with Crippen LogP contribution in [0.2, 0.25) is 0 Å². The van der Waals surface area contributed by atoms with Crippen molar-refractivity contribution in [1.29, 1.82) is 0 Å². The highest BCUT2D eigenvalue weighted by Crippen LogP contribution is 2.23. The normalized spacial score (nSPS) is 22.1. The Morgan fingerprint density at radius 2 is 1.81 bits per heavy atom. The lowest BCUT2D eigenvalue weighted by molar-refractivity contribution is -0.385. The maximum Gasteiger partial charge on any atom is 0.345 e. The van der Waals surface area contributed by atoms with E-state index >= 15 is 0 Å². The number of methoxy groups -OCH3 is 2. The lowest BCUT2D eigenvalue weighted by Gasteiger charge is -2.27. The summed E-state index contributed by atoms with van der Waals surface area (Å²) >= 11 is 0. The second kappa shape index (κ2) is 12.9. The van der Waals surface area contributed by atoms with Gasteiger partial charge in [0.2, 0.25) is 0 Å². The Bertz CT molecular complexity index is 780. The van der Waals surface area contributed by atoms with Crippen molar-refractivity contribution in [1.82, 2.24) is 0 Å². The van der Waals surface area contributed by atoms with Crippen molar-refractivity contribution in [3.05, 3.63) is 52.1 Å². The molecule has 0 aliphatic heterocycles. The van der Waals surface area contributed by atoms with E-state index < -0.39 is 29.2 Å². The van der Waals surface area contributed by atoms with Gasteiger partial charge in [0.25, 0.3) is 5.69 Å². The minimum absolute atomic E-state index is 0.0465. The lowest BCUT2D eigenvalue weighted by Crippen LogP contribution is -2.39. The third kappa shape index (κ3) is 7.51. The van der Waals surface area contributed by atoms with E-state index in [1.54, 1.807) is 6.08 Å². The standard InChI is InChI=1S/C21H27NO9/c1-27-13-29-19-12-11-15(7-3-6-10-18(23)20(19)30-14-28-2)31-21(24)16-8-4-5-9-17(16)22(25)26/h4-6,8-10,15,19-20H,3,7,11-14H2,1-2H3. The number of ether oxygens (including phenoxy) is 5. The first-order chi connectivity index (χ1) is 15.0. The van der Waals surface area contributed by atoms with Crippen molar-refractivity contribution in [3.8, 4) is 0 Å². The van der Waals surface area contributed by atoms with Gasteiger partial charge in [-0.15, -0.1) is 0 Å². The van der Waals surface area contributed by atoms with Gasteiger partial charge in [0.05, 0.1) is 11.0 Å². The topological polar surface area (TPSA) is 123 Å². The van der Waals surface area contributed by atoms with E-state index in [9.17, 15) is 19.7 Å². The molecule has 1 aliphatic carbocycles. The zero-order chi connectivity index (χ0) is 22.6. The van der Waals surface area contributed by atoms with Crippen molar-refractivity contribution in [2.75, 3.05) is 27.8 Å². The SMILES string of the molecule is COCOC1CCC(OC(=O)c2ccccc2[N+](=O)[O-])CCC=CC(=O)C1OCOC. The Kier molecular flexibility index (Phi) is 10.2. The molecule has 0 spiro atoms. The number of nitro groups is 1. The molecule has 1 aliphatic rings. The summed E-state index contributed by atoms with van der Waals surface area (Å²) in [5.41, 5.74) is -0.420. The summed E-state index contributed by atoms with van der Waals surface area (Å²) in [5, 5.41) is 11.2. The number of benzene rings is 1. The largest absolute Gasteiger partial charge is 0.459 e. The molecule has 10 heteroatoms. The molecule has 1 aromatic rings. The predicted molar refractivity (Wildman–Crippen MR) is 108 cm³/mol. The summed E-state index contributed by atoms with van der Waals surface area (Å²) in [6.07, 6.45) is 2.65. The number of hydrogen-bond donors (Lipinski definition) is 0. The number of ketones is 1. The molecule has 0 aromatic heterocycles. The summed E-state index contributed by atoms with van der Waals surface area (Å²) in [5.74, 6) is -1.02. The maximum absolute atomic E-state index is 12.6. The molecule has 31 heavy (non-hydrogen) atoms. The van der Waals surface area contributed by atoms with E-state index in [2.05, 4.69) is 0 Å². The highest BCUT2D eigenvalue weighted by molar-refractivity contribution is 5.94. The molecule has 0 bridgehead atoms. The van der Waals surface area contributed by atoms with Crippen molar-refractivity contribution < 1.29 is 38.2 Å². The summed E-state index contributed by atoms with van der Waals surface area (Å²) in [4.78, 5) is 35.7. The first-order valence-corrected chi connectivity index (χ1v) is 9.83. The van der Waals surface area contributed by atoms with Crippen LogP contribution in [-0.4, -0.2) is 62.8 Å². The van der Waals surface area contributed by atoms with Gasteiger partial charge >= 0.3 is 5.97 Å². The van der Waals surface area contributed by atoms with Crippen molar-refractivity contribution in [3.63, 3.8) is 0 Å². The Labute approximate surface area is 180 Å². The number of hydrogen-bond acceptors (Lipinski definition) is 9. The molecule has 10 nitrogen and oxygen atoms in total. The Hall–Kier alpha value is -2.66. The number of carbonyl (C=O) groups is 2. The van der Waals surface area contributed by atoms with E-state index in [1.165, 1.54) is 44.6 Å². The lowest BCUT2D eigenvalue weighted by atomic mass is 9.97. The summed E-state index contributed by atoms with van der Waals surface area (Å²) < 4.78 is 26.6. The van der Waals surface area contributed by atoms with E-state index in [4.69, 9.17) is 23.7 Å². The minimum Gasteiger partial charge on any atom is -0.459 e. The summed E-state index contributed by atoms with van der Waals surface area (Å²) in [6.45, 7) is -0.137. The van der Waals surface area contributed by atoms with Crippen LogP contribution in [0.5, 0.6) is 0 Å². The van der Waals surface area contributed by atoms with Crippen LogP contribution in [0.25, 0.3) is 0 Å². The Balaban J connectivity index is 2.16. The molecular weight excluding hydrogens is 410 g/mol. The molecule has 0 saturated heterocycles. The van der Waals surface area contributed by atoms with E-state index in [0.717, 1.165) is 0 Å². The third-order valence-electron chi connectivity index (χ3n) is 4.69. The Morgan fingerprint density at radius 1 is 1.10 bits per heavy atom. The predicted octanol–water partition coefficient (Wildman–Crippen LogP) is 2.80. The van der Waals surface area contributed by atoms with Crippen molar-refractivity contribution in [2.45, 2.75) is 44.0 Å². The van der Waals surface area contributed by atoms with E-state index in [0.29, 0.717) is 25.7 Å². The van der Waals surface area contributed by atoms with Gasteiger partial charge < -0.3 is 23.7 Å². The number of carbonyl (C=O) groups excluding carboxylic acids is 2. The van der Waals surface area contributed by atoms with Crippen LogP contribution in [0.4, 0.5) is 5.69 Å². The number of rotatable bonds is 9. The van der Waals surface area contributed by atoms with Crippen molar-refractivity contribution in [2.24, 2.45) is 0 Å². The maximum atomic E-state index is 12.6. The van der Waals surface area contributed by atoms with Crippen LogP contribution in [0, 0.1) is 10.1 Å². The van der Waals surface area contributed by atoms with Crippen LogP contribution >= 0.6 is 0 Å². The molecule has 0 saturated carbocycles. The molecule has 0 radical (unpaired) electrons. The van der Waals surface area contributed by atoms with Crippen LogP contribution in [-0.2, 0) is 28.5 Å². The molecule has 3 unspecified atom stereocenters. The molecule has 1 aromatic carbocycles. The second-order valence-corrected chi connectivity index (χ2v) is 6.87. The Morgan fingerprint density at radius 3 is 2.52 bits per heavy atom. The fraction of sp³-hybridized carbons (Fsp3) is 0.524. The quantitative estimate of drug-likeness (QED) is 0.248. The zero-order valence-electron chi connectivity index (χ0n) is 17.6. The van der Waals surface area contributed by atoms with Gasteiger partial charge in [0.1, 0.15) is 31.4 Å². The zero-order valence-corrected chi connectivity index (χ0v) is 17.6. The fourth-order valence-electron chi connectivity index (χ4n) is 3.20. The van der Waals surface area contributed by atoms with Gasteiger partial charge in [-0.3, -0.25) is 14.9 Å². The third-order valence-corrected chi connectivity index (χ3v) is 4.69. The van der Waals surface area contributed by atoms with Gasteiger partial charge in [-0.1, -0.05) is 18.2 Å². The smallest absolute Gasteiger partial charge is 0.345 e. The highest BCUT2D eigenvalue weighted by Gasteiger charge is 2.31. The minimum atomic E-state index is -0.906. The average Bonchev–Trinajstić information content (AvgIpc) is 2.77. The van der Waals surface area contributed by atoms with Crippen LogP contribution < -0.4 is 0 Å². The first kappa shape index (κ1) is 24.6. The molecule has 170 valence electrons. The molecular formula is C21H27NO9. The van der Waals surface area contributed by atoms with Gasteiger partial charge in [-0.05, 0) is 37.8 Å². The molecule has 0 heterocycles. The van der Waals surface area contributed by atoms with Crippen molar-refractivity contribution >= 4 is 17.4 Å². The number of allylic oxidation sites excluding steroid dienone is 1. The van der Waals surface area contributed by atoms with Gasteiger partial charge in [0.15, 0.2) is 5.78 Å². The monoisotopic (exact) mass is 437 g/mol. The molecule has 3 atom stereocenters. The van der Waals surface area contributed by atoms with Gasteiger partial charge in [-0.2, -0.15) is 0 Å². The van der Waals surface area contributed by atoms with Crippen LogP contribution in [0.15, 0.2) is 36.4 Å². The highest BCUT2D eigenvalue weighted by atomic mass is 16.7. The van der Waals surface area contributed by atoms with Gasteiger partial charge in [0, 0.05) is 20.3 Å².